The number of aryl methyl sites for hydroxylation is 1. The van der Waals surface area contributed by atoms with Crippen LogP contribution in [0.3, 0.4) is 0 Å². The van der Waals surface area contributed by atoms with Crippen molar-refractivity contribution < 1.29 is 14.3 Å². The largest absolute Gasteiger partial charge is 0.486 e. The Labute approximate surface area is 147 Å². The summed E-state index contributed by atoms with van der Waals surface area (Å²) in [6, 6.07) is 11.6. The minimum absolute atomic E-state index is 0.00254. The first-order chi connectivity index (χ1) is 12.3. The maximum Gasteiger partial charge on any atom is 0.253 e. The van der Waals surface area contributed by atoms with Gasteiger partial charge in [0, 0.05) is 31.5 Å². The van der Waals surface area contributed by atoms with E-state index in [4.69, 9.17) is 9.47 Å². The SMILES string of the molecule is CCOC1CC(NC(=O)c2ccn3c2CCC3)C1Oc1ccccc1. The quantitative estimate of drug-likeness (QED) is 0.880. The van der Waals surface area contributed by atoms with Crippen LogP contribution < -0.4 is 10.1 Å². The number of rotatable bonds is 6. The van der Waals surface area contributed by atoms with Crippen LogP contribution in [0.25, 0.3) is 0 Å². The second-order valence-corrected chi connectivity index (χ2v) is 6.68. The summed E-state index contributed by atoms with van der Waals surface area (Å²) in [5, 5.41) is 3.15. The highest BCUT2D eigenvalue weighted by molar-refractivity contribution is 5.96. The highest BCUT2D eigenvalue weighted by atomic mass is 16.5. The number of para-hydroxylation sites is 1. The van der Waals surface area contributed by atoms with Crippen molar-refractivity contribution in [2.75, 3.05) is 6.61 Å². The van der Waals surface area contributed by atoms with Gasteiger partial charge in [0.1, 0.15) is 11.9 Å². The Balaban J connectivity index is 1.44. The molecule has 1 saturated carbocycles. The fraction of sp³-hybridized carbons (Fsp3) is 0.450. The number of fused-ring (bicyclic) bond motifs is 1. The number of ether oxygens (including phenoxy) is 2. The first-order valence-corrected chi connectivity index (χ1v) is 9.08. The van der Waals surface area contributed by atoms with Gasteiger partial charge >= 0.3 is 0 Å². The van der Waals surface area contributed by atoms with Crippen molar-refractivity contribution in [1.29, 1.82) is 0 Å². The predicted octanol–water partition coefficient (Wildman–Crippen LogP) is 2.79. The molecule has 2 heterocycles. The molecule has 3 atom stereocenters. The summed E-state index contributed by atoms with van der Waals surface area (Å²) >= 11 is 0. The molecule has 1 amide bonds. The van der Waals surface area contributed by atoms with E-state index in [1.165, 1.54) is 0 Å². The Morgan fingerprint density at radius 2 is 2.12 bits per heavy atom. The minimum atomic E-state index is -0.151. The lowest BCUT2D eigenvalue weighted by Gasteiger charge is -2.43. The summed E-state index contributed by atoms with van der Waals surface area (Å²) in [7, 11) is 0. The molecular formula is C20H24N2O3. The lowest BCUT2D eigenvalue weighted by molar-refractivity contribution is -0.0995. The molecular weight excluding hydrogens is 316 g/mol. The zero-order valence-corrected chi connectivity index (χ0v) is 14.5. The summed E-state index contributed by atoms with van der Waals surface area (Å²) in [5.41, 5.74) is 1.95. The molecule has 25 heavy (non-hydrogen) atoms. The molecule has 1 aliphatic carbocycles. The molecule has 0 radical (unpaired) electrons. The number of carbonyl (C=O) groups is 1. The molecule has 5 heteroatoms. The van der Waals surface area contributed by atoms with Crippen LogP contribution in [0, 0.1) is 0 Å². The van der Waals surface area contributed by atoms with Gasteiger partial charge in [0.2, 0.25) is 0 Å². The third-order valence-corrected chi connectivity index (χ3v) is 5.10. The zero-order chi connectivity index (χ0) is 17.2. The third kappa shape index (κ3) is 3.16. The number of amides is 1. The average Bonchev–Trinajstić information content (AvgIpc) is 3.23. The molecule has 2 aromatic rings. The van der Waals surface area contributed by atoms with Gasteiger partial charge in [-0.3, -0.25) is 4.79 Å². The topological polar surface area (TPSA) is 52.5 Å². The maximum atomic E-state index is 12.7. The molecule has 3 unspecified atom stereocenters. The molecule has 132 valence electrons. The highest BCUT2D eigenvalue weighted by Crippen LogP contribution is 2.30. The summed E-state index contributed by atoms with van der Waals surface area (Å²) in [5.74, 6) is 0.804. The van der Waals surface area contributed by atoms with E-state index >= 15 is 0 Å². The molecule has 2 aliphatic rings. The van der Waals surface area contributed by atoms with E-state index in [1.54, 1.807) is 0 Å². The molecule has 5 nitrogen and oxygen atoms in total. The van der Waals surface area contributed by atoms with Crippen molar-refractivity contribution in [2.45, 2.75) is 51.0 Å². The standard InChI is InChI=1S/C20H24N2O3/c1-2-24-18-13-16(19(18)25-14-7-4-3-5-8-14)21-20(23)15-10-12-22-11-6-9-17(15)22/h3-5,7-8,10,12,16,18-19H,2,6,9,11,13H2,1H3,(H,21,23). The summed E-state index contributed by atoms with van der Waals surface area (Å²) in [6.07, 6.45) is 4.77. The van der Waals surface area contributed by atoms with Gasteiger partial charge in [0.15, 0.2) is 0 Å². The summed E-state index contributed by atoms with van der Waals surface area (Å²) in [6.45, 7) is 3.64. The number of hydrogen-bond donors (Lipinski definition) is 1. The molecule has 0 bridgehead atoms. The fourth-order valence-electron chi connectivity index (χ4n) is 3.78. The fourth-order valence-corrected chi connectivity index (χ4v) is 3.78. The molecule has 0 spiro atoms. The van der Waals surface area contributed by atoms with Gasteiger partial charge in [-0.25, -0.2) is 0 Å². The van der Waals surface area contributed by atoms with Crippen molar-refractivity contribution in [3.05, 3.63) is 53.9 Å². The molecule has 1 aliphatic heterocycles. The van der Waals surface area contributed by atoms with E-state index < -0.39 is 0 Å². The number of nitrogens with one attached hydrogen (secondary N) is 1. The van der Waals surface area contributed by atoms with Crippen molar-refractivity contribution >= 4 is 5.91 Å². The molecule has 1 N–H and O–H groups in total. The normalized spacial score (nSPS) is 24.4. The first kappa shape index (κ1) is 16.2. The highest BCUT2D eigenvalue weighted by Gasteiger charge is 2.45. The van der Waals surface area contributed by atoms with Gasteiger partial charge in [0.25, 0.3) is 5.91 Å². The second-order valence-electron chi connectivity index (χ2n) is 6.68. The van der Waals surface area contributed by atoms with Crippen molar-refractivity contribution in [1.82, 2.24) is 9.88 Å². The lowest BCUT2D eigenvalue weighted by Crippen LogP contribution is -2.62. The molecule has 1 fully saturated rings. The van der Waals surface area contributed by atoms with E-state index in [9.17, 15) is 4.79 Å². The van der Waals surface area contributed by atoms with Gasteiger partial charge in [-0.1, -0.05) is 18.2 Å². The van der Waals surface area contributed by atoms with Crippen LogP contribution in [0.4, 0.5) is 0 Å². The van der Waals surface area contributed by atoms with Gasteiger partial charge in [-0.05, 0) is 38.0 Å². The minimum Gasteiger partial charge on any atom is -0.486 e. The monoisotopic (exact) mass is 340 g/mol. The van der Waals surface area contributed by atoms with Crippen LogP contribution in [0.5, 0.6) is 5.75 Å². The number of aromatic nitrogens is 1. The Morgan fingerprint density at radius 1 is 1.28 bits per heavy atom. The predicted molar refractivity (Wildman–Crippen MR) is 94.9 cm³/mol. The zero-order valence-electron chi connectivity index (χ0n) is 14.5. The van der Waals surface area contributed by atoms with E-state index in [-0.39, 0.29) is 24.2 Å². The van der Waals surface area contributed by atoms with Crippen LogP contribution in [0.15, 0.2) is 42.6 Å². The summed E-state index contributed by atoms with van der Waals surface area (Å²) < 4.78 is 14.0. The van der Waals surface area contributed by atoms with Crippen LogP contribution >= 0.6 is 0 Å². The van der Waals surface area contributed by atoms with E-state index in [1.807, 2.05) is 49.5 Å². The molecule has 4 rings (SSSR count). The van der Waals surface area contributed by atoms with Gasteiger partial charge < -0.3 is 19.4 Å². The van der Waals surface area contributed by atoms with Crippen molar-refractivity contribution in [3.63, 3.8) is 0 Å². The van der Waals surface area contributed by atoms with Crippen molar-refractivity contribution in [3.8, 4) is 5.75 Å². The lowest BCUT2D eigenvalue weighted by atomic mass is 9.84. The van der Waals surface area contributed by atoms with Crippen LogP contribution in [0.1, 0.15) is 35.8 Å². The van der Waals surface area contributed by atoms with Crippen LogP contribution in [-0.4, -0.2) is 35.3 Å². The van der Waals surface area contributed by atoms with Gasteiger partial charge in [-0.15, -0.1) is 0 Å². The summed E-state index contributed by atoms with van der Waals surface area (Å²) in [4.78, 5) is 12.7. The molecule has 0 saturated heterocycles. The molecule has 1 aromatic heterocycles. The van der Waals surface area contributed by atoms with E-state index in [0.717, 1.165) is 42.8 Å². The Bertz CT molecular complexity index is 741. The number of benzene rings is 1. The third-order valence-electron chi connectivity index (χ3n) is 5.10. The van der Waals surface area contributed by atoms with E-state index in [0.29, 0.717) is 6.61 Å². The molecule has 1 aromatic carbocycles. The van der Waals surface area contributed by atoms with Crippen LogP contribution in [-0.2, 0) is 17.7 Å². The average molecular weight is 340 g/mol. The number of carbonyl (C=O) groups excluding carboxylic acids is 1. The second kappa shape index (κ2) is 6.92. The van der Waals surface area contributed by atoms with Gasteiger partial charge in [-0.2, -0.15) is 0 Å². The van der Waals surface area contributed by atoms with Crippen molar-refractivity contribution in [2.24, 2.45) is 0 Å². The van der Waals surface area contributed by atoms with Crippen LogP contribution in [0.2, 0.25) is 0 Å². The maximum absolute atomic E-state index is 12.7. The smallest absolute Gasteiger partial charge is 0.253 e. The van der Waals surface area contributed by atoms with E-state index in [2.05, 4.69) is 9.88 Å². The Hall–Kier alpha value is -2.27. The Morgan fingerprint density at radius 3 is 2.92 bits per heavy atom. The Kier molecular flexibility index (Phi) is 4.49. The first-order valence-electron chi connectivity index (χ1n) is 9.08. The number of hydrogen-bond acceptors (Lipinski definition) is 3. The number of nitrogens with zero attached hydrogens (tertiary/aromatic N) is 1. The van der Waals surface area contributed by atoms with Gasteiger partial charge in [0.05, 0.1) is 17.7 Å².